The number of pyridine rings is 1. The average molecular weight is 341 g/mol. The molecule has 5 nitrogen and oxygen atoms in total. The first kappa shape index (κ1) is 16.0. The highest BCUT2D eigenvalue weighted by atomic mass is 19.1. The molecule has 1 aromatic heterocycles. The van der Waals surface area contributed by atoms with E-state index in [-0.39, 0.29) is 24.4 Å². The van der Waals surface area contributed by atoms with E-state index in [4.69, 9.17) is 4.74 Å². The highest BCUT2D eigenvalue weighted by Crippen LogP contribution is 2.43. The van der Waals surface area contributed by atoms with Gasteiger partial charge in [0.2, 0.25) is 5.91 Å². The van der Waals surface area contributed by atoms with Gasteiger partial charge >= 0.3 is 0 Å². The first-order valence-electron chi connectivity index (χ1n) is 8.41. The van der Waals surface area contributed by atoms with Crippen LogP contribution >= 0.6 is 0 Å². The lowest BCUT2D eigenvalue weighted by Gasteiger charge is -2.55. The molecule has 6 heteroatoms. The highest BCUT2D eigenvalue weighted by Gasteiger charge is 2.52. The Morgan fingerprint density at radius 2 is 2.08 bits per heavy atom. The Kier molecular flexibility index (Phi) is 3.92. The van der Waals surface area contributed by atoms with Gasteiger partial charge in [-0.05, 0) is 18.1 Å². The number of anilines is 1. The van der Waals surface area contributed by atoms with Crippen LogP contribution in [0.5, 0.6) is 0 Å². The Morgan fingerprint density at radius 1 is 1.28 bits per heavy atom. The summed E-state index contributed by atoms with van der Waals surface area (Å²) in [5.41, 5.74) is 1.07. The van der Waals surface area contributed by atoms with Crippen LogP contribution in [0.2, 0.25) is 0 Å². The monoisotopic (exact) mass is 341 g/mol. The van der Waals surface area contributed by atoms with Crippen molar-refractivity contribution in [2.75, 3.05) is 31.6 Å². The lowest BCUT2D eigenvalue weighted by molar-refractivity contribution is -0.173. The van der Waals surface area contributed by atoms with Gasteiger partial charge in [-0.1, -0.05) is 30.3 Å². The Morgan fingerprint density at radius 3 is 2.84 bits per heavy atom. The average Bonchev–Trinajstić information content (AvgIpc) is 2.66. The van der Waals surface area contributed by atoms with Gasteiger partial charge in [-0.3, -0.25) is 9.78 Å². The van der Waals surface area contributed by atoms with Gasteiger partial charge < -0.3 is 14.5 Å². The van der Waals surface area contributed by atoms with Gasteiger partial charge in [0.1, 0.15) is 12.7 Å². The maximum absolute atomic E-state index is 14.1. The maximum Gasteiger partial charge on any atom is 0.249 e. The Hall–Kier alpha value is -2.47. The van der Waals surface area contributed by atoms with Gasteiger partial charge in [-0.15, -0.1) is 0 Å². The molecule has 2 fully saturated rings. The number of benzene rings is 1. The number of fused-ring (bicyclic) bond motifs is 1. The van der Waals surface area contributed by atoms with Gasteiger partial charge in [0.25, 0.3) is 0 Å². The molecule has 0 bridgehead atoms. The van der Waals surface area contributed by atoms with Crippen LogP contribution in [0.1, 0.15) is 12.0 Å². The number of aromatic nitrogens is 1. The summed E-state index contributed by atoms with van der Waals surface area (Å²) in [6.07, 6.45) is 3.27. The number of halogens is 1. The molecule has 130 valence electrons. The SMILES string of the molecule is CN1C(=O)CO[C@@H]2CN(c3ccncc3F)CC[C@]21c1ccccc1. The fraction of sp³-hybridized carbons (Fsp3) is 0.368. The summed E-state index contributed by atoms with van der Waals surface area (Å²) < 4.78 is 20.1. The number of carbonyl (C=O) groups is 1. The molecule has 1 aromatic carbocycles. The normalized spacial score (nSPS) is 26.5. The van der Waals surface area contributed by atoms with Crippen molar-refractivity contribution in [3.8, 4) is 0 Å². The molecule has 2 saturated heterocycles. The number of likely N-dealkylation sites (N-methyl/N-ethyl adjacent to an activating group) is 1. The number of piperidine rings is 1. The summed E-state index contributed by atoms with van der Waals surface area (Å²) in [4.78, 5) is 20.0. The van der Waals surface area contributed by atoms with E-state index in [0.717, 1.165) is 5.56 Å². The third-order valence-corrected chi connectivity index (χ3v) is 5.43. The molecule has 2 aliphatic heterocycles. The van der Waals surface area contributed by atoms with E-state index in [1.54, 1.807) is 12.3 Å². The fourth-order valence-corrected chi connectivity index (χ4v) is 4.07. The third-order valence-electron chi connectivity index (χ3n) is 5.43. The molecule has 0 saturated carbocycles. The number of morpholine rings is 1. The number of nitrogens with zero attached hydrogens (tertiary/aromatic N) is 3. The second-order valence-corrected chi connectivity index (χ2v) is 6.57. The number of hydrogen-bond donors (Lipinski definition) is 0. The zero-order chi connectivity index (χ0) is 17.4. The van der Waals surface area contributed by atoms with Crippen molar-refractivity contribution in [3.05, 3.63) is 60.2 Å². The van der Waals surface area contributed by atoms with Gasteiger partial charge in [-0.25, -0.2) is 4.39 Å². The van der Waals surface area contributed by atoms with Crippen molar-refractivity contribution in [1.82, 2.24) is 9.88 Å². The van der Waals surface area contributed by atoms with E-state index in [9.17, 15) is 9.18 Å². The molecule has 0 aliphatic carbocycles. The Balaban J connectivity index is 1.72. The summed E-state index contributed by atoms with van der Waals surface area (Å²) in [7, 11) is 1.84. The van der Waals surface area contributed by atoms with Gasteiger partial charge in [0, 0.05) is 26.3 Å². The molecule has 25 heavy (non-hydrogen) atoms. The van der Waals surface area contributed by atoms with Crippen molar-refractivity contribution in [2.24, 2.45) is 0 Å². The largest absolute Gasteiger partial charge is 0.366 e. The summed E-state index contributed by atoms with van der Waals surface area (Å²) >= 11 is 0. The number of rotatable bonds is 2. The zero-order valence-electron chi connectivity index (χ0n) is 14.1. The highest BCUT2D eigenvalue weighted by molar-refractivity contribution is 5.79. The number of ether oxygens (including phenoxy) is 1. The molecule has 0 spiro atoms. The van der Waals surface area contributed by atoms with Crippen LogP contribution in [0.4, 0.5) is 10.1 Å². The number of amides is 1. The van der Waals surface area contributed by atoms with E-state index in [0.29, 0.717) is 25.2 Å². The minimum Gasteiger partial charge on any atom is -0.366 e. The molecular formula is C19H20FN3O2. The Labute approximate surface area is 146 Å². The zero-order valence-corrected chi connectivity index (χ0v) is 14.1. The first-order valence-corrected chi connectivity index (χ1v) is 8.41. The molecule has 2 aliphatic rings. The predicted octanol–water partition coefficient (Wildman–Crippen LogP) is 2.18. The molecule has 3 heterocycles. The quantitative estimate of drug-likeness (QED) is 0.840. The van der Waals surface area contributed by atoms with Crippen molar-refractivity contribution in [2.45, 2.75) is 18.1 Å². The summed E-state index contributed by atoms with van der Waals surface area (Å²) in [6, 6.07) is 11.7. The smallest absolute Gasteiger partial charge is 0.249 e. The van der Waals surface area contributed by atoms with Gasteiger partial charge in [0.15, 0.2) is 5.82 Å². The van der Waals surface area contributed by atoms with E-state index < -0.39 is 5.54 Å². The first-order chi connectivity index (χ1) is 12.1. The lowest BCUT2D eigenvalue weighted by Crippen LogP contribution is -2.67. The molecule has 4 rings (SSSR count). The standard InChI is InChI=1S/C19H20FN3O2/c1-22-18(24)13-25-17-12-23(16-7-9-21-11-15(16)20)10-8-19(17,22)14-5-3-2-4-6-14/h2-7,9,11,17H,8,10,12-13H2,1H3/t17-,19+/m1/s1. The predicted molar refractivity (Wildman–Crippen MR) is 91.7 cm³/mol. The van der Waals surface area contributed by atoms with Crippen LogP contribution in [0.15, 0.2) is 48.8 Å². The Bertz CT molecular complexity index is 785. The van der Waals surface area contributed by atoms with E-state index in [2.05, 4.69) is 4.98 Å². The minimum atomic E-state index is -0.517. The van der Waals surface area contributed by atoms with Crippen molar-refractivity contribution >= 4 is 11.6 Å². The molecule has 2 atom stereocenters. The van der Waals surface area contributed by atoms with Crippen LogP contribution in [-0.2, 0) is 15.1 Å². The van der Waals surface area contributed by atoms with Crippen molar-refractivity contribution < 1.29 is 13.9 Å². The van der Waals surface area contributed by atoms with Crippen molar-refractivity contribution in [1.29, 1.82) is 0 Å². The summed E-state index contributed by atoms with van der Waals surface area (Å²) in [5.74, 6) is -0.362. The van der Waals surface area contributed by atoms with Gasteiger partial charge in [-0.2, -0.15) is 0 Å². The minimum absolute atomic E-state index is 0.0244. The van der Waals surface area contributed by atoms with Gasteiger partial charge in [0.05, 0.1) is 17.4 Å². The van der Waals surface area contributed by atoms with Crippen LogP contribution in [0, 0.1) is 5.82 Å². The van der Waals surface area contributed by atoms with Crippen LogP contribution < -0.4 is 4.90 Å². The number of carbonyl (C=O) groups excluding carboxylic acids is 1. The molecule has 0 radical (unpaired) electrons. The maximum atomic E-state index is 14.1. The van der Waals surface area contributed by atoms with Crippen LogP contribution in [-0.4, -0.2) is 48.6 Å². The fourth-order valence-electron chi connectivity index (χ4n) is 4.07. The summed E-state index contributed by atoms with van der Waals surface area (Å²) in [5, 5.41) is 0. The molecular weight excluding hydrogens is 321 g/mol. The van der Waals surface area contributed by atoms with E-state index >= 15 is 0 Å². The molecule has 2 aromatic rings. The van der Waals surface area contributed by atoms with E-state index in [1.807, 2.05) is 47.2 Å². The molecule has 0 N–H and O–H groups in total. The van der Waals surface area contributed by atoms with Crippen LogP contribution in [0.25, 0.3) is 0 Å². The number of hydrogen-bond acceptors (Lipinski definition) is 4. The topological polar surface area (TPSA) is 45.7 Å². The third kappa shape index (κ3) is 2.48. The van der Waals surface area contributed by atoms with Crippen LogP contribution in [0.3, 0.4) is 0 Å². The molecule has 1 amide bonds. The second kappa shape index (κ2) is 6.11. The summed E-state index contributed by atoms with van der Waals surface area (Å²) in [6.45, 7) is 1.21. The molecule has 0 unspecified atom stereocenters. The lowest BCUT2D eigenvalue weighted by atomic mass is 9.76. The van der Waals surface area contributed by atoms with Crippen molar-refractivity contribution in [3.63, 3.8) is 0 Å². The van der Waals surface area contributed by atoms with E-state index in [1.165, 1.54) is 6.20 Å². The second-order valence-electron chi connectivity index (χ2n) is 6.57.